The summed E-state index contributed by atoms with van der Waals surface area (Å²) in [6, 6.07) is 4.07. The number of nitrogens with zero attached hydrogens (tertiary/aromatic N) is 3. The molecule has 1 saturated heterocycles. The van der Waals surface area contributed by atoms with Crippen molar-refractivity contribution in [2.24, 2.45) is 0 Å². The average molecular weight is 306 g/mol. The Morgan fingerprint density at radius 2 is 2.09 bits per heavy atom. The van der Waals surface area contributed by atoms with Crippen molar-refractivity contribution in [2.45, 2.75) is 31.8 Å². The number of hydrogen-bond acceptors (Lipinski definition) is 3. The topological polar surface area (TPSA) is 57.6 Å². The molecule has 6 nitrogen and oxygen atoms in total. The highest BCUT2D eigenvalue weighted by Gasteiger charge is 2.30. The van der Waals surface area contributed by atoms with Gasteiger partial charge in [-0.2, -0.15) is 0 Å². The summed E-state index contributed by atoms with van der Waals surface area (Å²) in [6.07, 6.45) is 6.11. The lowest BCUT2D eigenvalue weighted by atomic mass is 10.1. The maximum atomic E-state index is 11.9. The first-order chi connectivity index (χ1) is 10.6. The number of amides is 2. The monoisotopic (exact) mass is 306 g/mol. The highest BCUT2D eigenvalue weighted by molar-refractivity contribution is 5.78. The van der Waals surface area contributed by atoms with Crippen LogP contribution in [0.15, 0.2) is 24.5 Å². The van der Waals surface area contributed by atoms with Crippen molar-refractivity contribution >= 4 is 11.8 Å². The van der Waals surface area contributed by atoms with Crippen LogP contribution in [0, 0.1) is 0 Å². The number of hydrogen-bond donors (Lipinski definition) is 1. The summed E-state index contributed by atoms with van der Waals surface area (Å²) in [5, 5.41) is 2.94. The zero-order valence-electron chi connectivity index (χ0n) is 13.5. The van der Waals surface area contributed by atoms with Crippen molar-refractivity contribution in [3.8, 4) is 0 Å². The molecule has 0 radical (unpaired) electrons. The fourth-order valence-electron chi connectivity index (χ4n) is 2.78. The van der Waals surface area contributed by atoms with E-state index in [1.807, 2.05) is 48.1 Å². The van der Waals surface area contributed by atoms with E-state index in [2.05, 4.69) is 10.2 Å². The van der Waals surface area contributed by atoms with Gasteiger partial charge in [-0.05, 0) is 39.1 Å². The van der Waals surface area contributed by atoms with Crippen LogP contribution in [-0.4, -0.2) is 66.0 Å². The van der Waals surface area contributed by atoms with Gasteiger partial charge in [-0.15, -0.1) is 0 Å². The van der Waals surface area contributed by atoms with Crippen LogP contribution in [0.4, 0.5) is 0 Å². The van der Waals surface area contributed by atoms with Gasteiger partial charge in [0.15, 0.2) is 0 Å². The summed E-state index contributed by atoms with van der Waals surface area (Å²) in [5.41, 5.74) is 0. The van der Waals surface area contributed by atoms with Crippen molar-refractivity contribution < 1.29 is 9.59 Å². The van der Waals surface area contributed by atoms with Gasteiger partial charge in [0.1, 0.15) is 6.54 Å². The van der Waals surface area contributed by atoms with Gasteiger partial charge in [0.05, 0.1) is 0 Å². The van der Waals surface area contributed by atoms with Crippen LogP contribution in [0.3, 0.4) is 0 Å². The quantitative estimate of drug-likeness (QED) is 0.763. The molecule has 0 spiro atoms. The third kappa shape index (κ3) is 4.87. The molecule has 6 heteroatoms. The van der Waals surface area contributed by atoms with Crippen LogP contribution in [0.2, 0.25) is 0 Å². The summed E-state index contributed by atoms with van der Waals surface area (Å²) in [7, 11) is 4.02. The van der Waals surface area contributed by atoms with Crippen molar-refractivity contribution in [3.63, 3.8) is 0 Å². The molecule has 0 bridgehead atoms. The number of nitrogens with one attached hydrogen (secondary N) is 1. The maximum Gasteiger partial charge on any atom is 0.239 e. The van der Waals surface area contributed by atoms with Crippen LogP contribution in [-0.2, 0) is 16.1 Å². The third-order valence-corrected chi connectivity index (χ3v) is 4.03. The number of likely N-dealkylation sites (tertiary alicyclic amines) is 1. The molecule has 2 heterocycles. The molecule has 122 valence electrons. The Bertz CT molecular complexity index is 484. The van der Waals surface area contributed by atoms with Crippen molar-refractivity contribution in [2.75, 3.05) is 33.7 Å². The Kier molecular flexibility index (Phi) is 6.00. The minimum atomic E-state index is 0.0142. The standard InChI is InChI=1S/C16H26N4O2/c1-18(2)11-12-20-14(5-6-16(20)22)7-8-17-15(21)13-19-9-3-4-10-19/h3-4,9-10,14H,5-8,11-13H2,1-2H3,(H,17,21)/t14-/m1/s1. The Labute approximate surface area is 132 Å². The van der Waals surface area contributed by atoms with Crippen LogP contribution < -0.4 is 5.32 Å². The molecular weight excluding hydrogens is 280 g/mol. The van der Waals surface area contributed by atoms with E-state index in [-0.39, 0.29) is 17.9 Å². The first kappa shape index (κ1) is 16.5. The van der Waals surface area contributed by atoms with Crippen LogP contribution in [0.25, 0.3) is 0 Å². The van der Waals surface area contributed by atoms with E-state index >= 15 is 0 Å². The molecule has 1 atom stereocenters. The average Bonchev–Trinajstić information content (AvgIpc) is 3.07. The lowest BCUT2D eigenvalue weighted by Gasteiger charge is -2.26. The van der Waals surface area contributed by atoms with Gasteiger partial charge in [0.2, 0.25) is 11.8 Å². The number of carbonyl (C=O) groups excluding carboxylic acids is 2. The van der Waals surface area contributed by atoms with Gasteiger partial charge in [0, 0.05) is 44.5 Å². The highest BCUT2D eigenvalue weighted by atomic mass is 16.2. The zero-order valence-corrected chi connectivity index (χ0v) is 13.5. The molecule has 2 rings (SSSR count). The normalized spacial score (nSPS) is 18.2. The third-order valence-electron chi connectivity index (χ3n) is 4.03. The van der Waals surface area contributed by atoms with E-state index in [9.17, 15) is 9.59 Å². The Morgan fingerprint density at radius 1 is 1.36 bits per heavy atom. The second-order valence-electron chi connectivity index (χ2n) is 6.08. The lowest BCUT2D eigenvalue weighted by molar-refractivity contribution is -0.129. The second-order valence-corrected chi connectivity index (χ2v) is 6.08. The molecule has 1 aromatic heterocycles. The lowest BCUT2D eigenvalue weighted by Crippen LogP contribution is -2.40. The molecule has 22 heavy (non-hydrogen) atoms. The first-order valence-corrected chi connectivity index (χ1v) is 7.88. The Balaban J connectivity index is 1.70. The van der Waals surface area contributed by atoms with E-state index < -0.39 is 0 Å². The molecule has 1 aliphatic rings. The van der Waals surface area contributed by atoms with Gasteiger partial charge in [-0.25, -0.2) is 0 Å². The predicted octanol–water partition coefficient (Wildman–Crippen LogP) is 0.547. The predicted molar refractivity (Wildman–Crippen MR) is 85.3 cm³/mol. The van der Waals surface area contributed by atoms with E-state index in [1.165, 1.54) is 0 Å². The SMILES string of the molecule is CN(C)CCN1C(=O)CC[C@@H]1CCNC(=O)Cn1cccc1. The van der Waals surface area contributed by atoms with Crippen LogP contribution in [0.5, 0.6) is 0 Å². The molecule has 0 saturated carbocycles. The highest BCUT2D eigenvalue weighted by Crippen LogP contribution is 2.20. The molecular formula is C16H26N4O2. The van der Waals surface area contributed by atoms with Crippen LogP contribution >= 0.6 is 0 Å². The molecule has 1 N–H and O–H groups in total. The van der Waals surface area contributed by atoms with Gasteiger partial charge >= 0.3 is 0 Å². The smallest absolute Gasteiger partial charge is 0.239 e. The Morgan fingerprint density at radius 3 is 2.77 bits per heavy atom. The number of rotatable bonds is 8. The Hall–Kier alpha value is -1.82. The fourth-order valence-corrected chi connectivity index (χ4v) is 2.78. The summed E-state index contributed by atoms with van der Waals surface area (Å²) < 4.78 is 1.85. The molecule has 1 aromatic rings. The molecule has 0 aromatic carbocycles. The van der Waals surface area contributed by atoms with E-state index in [0.29, 0.717) is 19.5 Å². The van der Waals surface area contributed by atoms with Crippen molar-refractivity contribution in [1.29, 1.82) is 0 Å². The number of carbonyl (C=O) groups is 2. The molecule has 2 amide bonds. The largest absolute Gasteiger partial charge is 0.354 e. The van der Waals surface area contributed by atoms with Gasteiger partial charge < -0.3 is 19.7 Å². The van der Waals surface area contributed by atoms with Gasteiger partial charge in [-0.1, -0.05) is 0 Å². The summed E-state index contributed by atoms with van der Waals surface area (Å²) in [4.78, 5) is 27.8. The minimum Gasteiger partial charge on any atom is -0.354 e. The molecule has 0 unspecified atom stereocenters. The molecule has 1 fully saturated rings. The molecule has 0 aliphatic carbocycles. The summed E-state index contributed by atoms with van der Waals surface area (Å²) in [5.74, 6) is 0.255. The summed E-state index contributed by atoms with van der Waals surface area (Å²) >= 11 is 0. The fraction of sp³-hybridized carbons (Fsp3) is 0.625. The summed E-state index contributed by atoms with van der Waals surface area (Å²) in [6.45, 7) is 2.62. The van der Waals surface area contributed by atoms with Gasteiger partial charge in [0.25, 0.3) is 0 Å². The first-order valence-electron chi connectivity index (χ1n) is 7.88. The number of aromatic nitrogens is 1. The van der Waals surface area contributed by atoms with Crippen molar-refractivity contribution in [1.82, 2.24) is 19.7 Å². The zero-order chi connectivity index (χ0) is 15.9. The maximum absolute atomic E-state index is 11.9. The van der Waals surface area contributed by atoms with Gasteiger partial charge in [-0.3, -0.25) is 9.59 Å². The van der Waals surface area contributed by atoms with E-state index in [1.54, 1.807) is 0 Å². The van der Waals surface area contributed by atoms with E-state index in [4.69, 9.17) is 0 Å². The van der Waals surface area contributed by atoms with Crippen molar-refractivity contribution in [3.05, 3.63) is 24.5 Å². The van der Waals surface area contributed by atoms with Crippen LogP contribution in [0.1, 0.15) is 19.3 Å². The number of likely N-dealkylation sites (N-methyl/N-ethyl adjacent to an activating group) is 1. The van der Waals surface area contributed by atoms with E-state index in [0.717, 1.165) is 25.9 Å². The second kappa shape index (κ2) is 7.98. The molecule has 1 aliphatic heterocycles. The minimum absolute atomic E-state index is 0.0142.